The third kappa shape index (κ3) is 1.76. The fourth-order valence-corrected chi connectivity index (χ4v) is 1.65. The number of fused-ring (bicyclic) bond motifs is 1. The molecule has 0 aliphatic heterocycles. The van der Waals surface area contributed by atoms with Gasteiger partial charge in [0.1, 0.15) is 0 Å². The van der Waals surface area contributed by atoms with E-state index >= 15 is 0 Å². The molecule has 3 N–H and O–H groups in total. The monoisotopic (exact) mass is 237 g/mol. The van der Waals surface area contributed by atoms with Crippen LogP contribution in [-0.2, 0) is 0 Å². The highest BCUT2D eigenvalue weighted by Crippen LogP contribution is 2.37. The van der Waals surface area contributed by atoms with Crippen molar-refractivity contribution in [2.24, 2.45) is 0 Å². The zero-order valence-electron chi connectivity index (χ0n) is 9.27. The first kappa shape index (κ1) is 11.2. The molecule has 0 aliphatic rings. The zero-order valence-corrected chi connectivity index (χ0v) is 9.27. The molecule has 0 saturated heterocycles. The molecule has 0 fully saturated rings. The molecular formula is C10H11N3O4. The number of methoxy groups -OCH3 is 2. The maximum atomic E-state index is 11.2. The van der Waals surface area contributed by atoms with E-state index < -0.39 is 5.69 Å². The van der Waals surface area contributed by atoms with E-state index in [1.165, 1.54) is 14.2 Å². The number of H-pyrrole nitrogens is 1. The van der Waals surface area contributed by atoms with Crippen LogP contribution in [0.1, 0.15) is 0 Å². The van der Waals surface area contributed by atoms with Crippen LogP contribution in [0.5, 0.6) is 11.5 Å². The van der Waals surface area contributed by atoms with Crippen LogP contribution in [0.3, 0.4) is 0 Å². The summed E-state index contributed by atoms with van der Waals surface area (Å²) in [5.41, 5.74) is 1.79. The number of aromatic amines is 1. The van der Waals surface area contributed by atoms with Crippen LogP contribution in [0.25, 0.3) is 10.9 Å². The van der Waals surface area contributed by atoms with Gasteiger partial charge in [-0.25, -0.2) is 4.79 Å². The molecule has 17 heavy (non-hydrogen) atoms. The lowest BCUT2D eigenvalue weighted by Gasteiger charge is -2.12. The lowest BCUT2D eigenvalue weighted by Crippen LogP contribution is -2.13. The van der Waals surface area contributed by atoms with Crippen molar-refractivity contribution in [1.29, 1.82) is 0 Å². The first-order chi connectivity index (χ1) is 8.21. The van der Waals surface area contributed by atoms with E-state index in [-0.39, 0.29) is 5.82 Å². The molecule has 0 radical (unpaired) electrons. The SMILES string of the molecule is COc1ccc2[nH]c(=O)nc(NO)c2c1OC. The lowest BCUT2D eigenvalue weighted by atomic mass is 10.2. The Labute approximate surface area is 96.0 Å². The molecule has 0 saturated carbocycles. The summed E-state index contributed by atoms with van der Waals surface area (Å²) in [4.78, 5) is 17.4. The summed E-state index contributed by atoms with van der Waals surface area (Å²) >= 11 is 0. The minimum atomic E-state index is -0.568. The molecule has 7 heteroatoms. The summed E-state index contributed by atoms with van der Waals surface area (Å²) in [5.74, 6) is 0.871. The smallest absolute Gasteiger partial charge is 0.347 e. The van der Waals surface area contributed by atoms with Crippen LogP contribution in [0.4, 0.5) is 5.82 Å². The fourth-order valence-electron chi connectivity index (χ4n) is 1.65. The fraction of sp³-hybridized carbons (Fsp3) is 0.200. The Morgan fingerprint density at radius 2 is 2.12 bits per heavy atom. The number of aromatic nitrogens is 2. The molecule has 0 bridgehead atoms. The van der Waals surface area contributed by atoms with Gasteiger partial charge in [0.25, 0.3) is 0 Å². The number of nitrogens with one attached hydrogen (secondary N) is 2. The first-order valence-electron chi connectivity index (χ1n) is 4.76. The number of rotatable bonds is 3. The molecule has 90 valence electrons. The minimum Gasteiger partial charge on any atom is -0.493 e. The molecule has 1 heterocycles. The summed E-state index contributed by atoms with van der Waals surface area (Å²) in [6, 6.07) is 3.29. The maximum Gasteiger partial charge on any atom is 0.347 e. The standard InChI is InChI=1S/C10H11N3O4/c1-16-6-4-3-5-7(8(6)17-2)9(13-15)12-10(14)11-5/h3-4,15H,1-2H3,(H2,11,12,13,14). The van der Waals surface area contributed by atoms with E-state index in [0.717, 1.165) is 0 Å². The summed E-state index contributed by atoms with van der Waals surface area (Å²) in [6.07, 6.45) is 0. The average molecular weight is 237 g/mol. The summed E-state index contributed by atoms with van der Waals surface area (Å²) < 4.78 is 10.3. The Morgan fingerprint density at radius 1 is 1.35 bits per heavy atom. The predicted molar refractivity (Wildman–Crippen MR) is 60.9 cm³/mol. The van der Waals surface area contributed by atoms with Crippen molar-refractivity contribution in [3.63, 3.8) is 0 Å². The molecule has 0 amide bonds. The Kier molecular flexibility index (Phi) is 2.84. The second kappa shape index (κ2) is 4.30. The van der Waals surface area contributed by atoms with Crippen LogP contribution >= 0.6 is 0 Å². The quantitative estimate of drug-likeness (QED) is 0.681. The van der Waals surface area contributed by atoms with Gasteiger partial charge < -0.3 is 14.5 Å². The zero-order chi connectivity index (χ0) is 12.4. The van der Waals surface area contributed by atoms with Crippen molar-refractivity contribution < 1.29 is 14.7 Å². The highest BCUT2D eigenvalue weighted by atomic mass is 16.5. The Hall–Kier alpha value is -2.28. The Balaban J connectivity index is 2.91. The van der Waals surface area contributed by atoms with Gasteiger partial charge in [-0.3, -0.25) is 10.7 Å². The number of ether oxygens (including phenoxy) is 2. The summed E-state index contributed by atoms with van der Waals surface area (Å²) in [5, 5.41) is 9.42. The normalized spacial score (nSPS) is 10.3. The minimum absolute atomic E-state index is 0.0134. The molecular weight excluding hydrogens is 226 g/mol. The van der Waals surface area contributed by atoms with Crippen LogP contribution in [0, 0.1) is 0 Å². The summed E-state index contributed by atoms with van der Waals surface area (Å²) in [7, 11) is 2.96. The lowest BCUT2D eigenvalue weighted by molar-refractivity contribution is 0.357. The second-order valence-electron chi connectivity index (χ2n) is 3.23. The van der Waals surface area contributed by atoms with Crippen LogP contribution in [0.15, 0.2) is 16.9 Å². The number of hydrogen-bond donors (Lipinski definition) is 3. The van der Waals surface area contributed by atoms with Crippen molar-refractivity contribution >= 4 is 16.7 Å². The van der Waals surface area contributed by atoms with Gasteiger partial charge in [-0.2, -0.15) is 4.98 Å². The third-order valence-corrected chi connectivity index (χ3v) is 2.34. The highest BCUT2D eigenvalue weighted by Gasteiger charge is 2.14. The van der Waals surface area contributed by atoms with Crippen molar-refractivity contribution in [2.45, 2.75) is 0 Å². The molecule has 7 nitrogen and oxygen atoms in total. The molecule has 2 rings (SSSR count). The Morgan fingerprint density at radius 3 is 2.71 bits per heavy atom. The molecule has 1 aromatic heterocycles. The summed E-state index contributed by atoms with van der Waals surface area (Å²) in [6.45, 7) is 0. The number of anilines is 1. The average Bonchev–Trinajstić information content (AvgIpc) is 2.36. The number of nitrogens with zero attached hydrogens (tertiary/aromatic N) is 1. The third-order valence-electron chi connectivity index (χ3n) is 2.34. The molecule has 0 spiro atoms. The molecule has 1 aromatic carbocycles. The van der Waals surface area contributed by atoms with Gasteiger partial charge in [0, 0.05) is 0 Å². The molecule has 2 aromatic rings. The number of hydrogen-bond acceptors (Lipinski definition) is 6. The van der Waals surface area contributed by atoms with Crippen molar-refractivity contribution in [2.75, 3.05) is 19.7 Å². The Bertz CT molecular complexity index is 608. The van der Waals surface area contributed by atoms with Gasteiger partial charge >= 0.3 is 5.69 Å². The first-order valence-corrected chi connectivity index (χ1v) is 4.76. The largest absolute Gasteiger partial charge is 0.493 e. The maximum absolute atomic E-state index is 11.2. The highest BCUT2D eigenvalue weighted by molar-refractivity contribution is 5.96. The van der Waals surface area contributed by atoms with Gasteiger partial charge in [-0.05, 0) is 12.1 Å². The second-order valence-corrected chi connectivity index (χ2v) is 3.23. The van der Waals surface area contributed by atoms with Gasteiger partial charge in [0.05, 0.1) is 25.1 Å². The van der Waals surface area contributed by atoms with Gasteiger partial charge in [-0.1, -0.05) is 0 Å². The van der Waals surface area contributed by atoms with Crippen LogP contribution in [0.2, 0.25) is 0 Å². The number of benzene rings is 1. The van der Waals surface area contributed by atoms with Gasteiger partial charge in [-0.15, -0.1) is 0 Å². The molecule has 0 atom stereocenters. The van der Waals surface area contributed by atoms with E-state index in [9.17, 15) is 4.79 Å². The van der Waals surface area contributed by atoms with E-state index in [4.69, 9.17) is 14.7 Å². The topological polar surface area (TPSA) is 96.5 Å². The van der Waals surface area contributed by atoms with Crippen molar-refractivity contribution in [1.82, 2.24) is 9.97 Å². The predicted octanol–water partition coefficient (Wildman–Crippen LogP) is 0.741. The van der Waals surface area contributed by atoms with Crippen molar-refractivity contribution in [3.8, 4) is 11.5 Å². The van der Waals surface area contributed by atoms with Gasteiger partial charge in [0.15, 0.2) is 17.3 Å². The van der Waals surface area contributed by atoms with Crippen LogP contribution in [-0.4, -0.2) is 29.4 Å². The van der Waals surface area contributed by atoms with Crippen LogP contribution < -0.4 is 20.6 Å². The van der Waals surface area contributed by atoms with E-state index in [2.05, 4.69) is 9.97 Å². The van der Waals surface area contributed by atoms with E-state index in [0.29, 0.717) is 22.4 Å². The van der Waals surface area contributed by atoms with E-state index in [1.807, 2.05) is 5.48 Å². The molecule has 0 aliphatic carbocycles. The molecule has 0 unspecified atom stereocenters. The van der Waals surface area contributed by atoms with Gasteiger partial charge in [0.2, 0.25) is 0 Å². The van der Waals surface area contributed by atoms with E-state index in [1.54, 1.807) is 12.1 Å². The van der Waals surface area contributed by atoms with Crippen molar-refractivity contribution in [3.05, 3.63) is 22.6 Å².